The summed E-state index contributed by atoms with van der Waals surface area (Å²) in [7, 11) is 0. The second-order valence-corrected chi connectivity index (χ2v) is 10.6. The Morgan fingerprint density at radius 1 is 1.02 bits per heavy atom. The van der Waals surface area contributed by atoms with Gasteiger partial charge in [-0.25, -0.2) is 4.98 Å². The van der Waals surface area contributed by atoms with Crippen LogP contribution in [0.15, 0.2) is 66.9 Å². The first kappa shape index (κ1) is 32.6. The van der Waals surface area contributed by atoms with Crippen LogP contribution in [-0.4, -0.2) is 40.4 Å². The highest BCUT2D eigenvalue weighted by Gasteiger charge is 2.35. The average Bonchev–Trinajstić information content (AvgIpc) is 2.95. The number of benzene rings is 2. The summed E-state index contributed by atoms with van der Waals surface area (Å²) in [4.78, 5) is 40.7. The number of alkyl halides is 3. The van der Waals surface area contributed by atoms with Crippen LogP contribution in [0.25, 0.3) is 0 Å². The molecule has 3 rings (SSSR count). The lowest BCUT2D eigenvalue weighted by molar-refractivity contribution is -0.138. The number of rotatable bonds is 11. The smallest absolute Gasteiger partial charge is 0.417 e. The molecular formula is C31H32F3N5O4. The van der Waals surface area contributed by atoms with Crippen molar-refractivity contribution in [3.05, 3.63) is 94.7 Å². The third-order valence-corrected chi connectivity index (χ3v) is 6.82. The average molecular weight is 596 g/mol. The third-order valence-electron chi connectivity index (χ3n) is 6.82. The SMILES string of the molecule is CC(NC(=O)c1ccc(CC(c2cccc(C#N)c2)C(C)NC(=O)C(C)(C)Oc2ccc(C(F)(F)F)cn2)cc1)C(N)=O. The molecule has 0 saturated carbocycles. The normalized spacial score (nSPS) is 13.6. The molecule has 226 valence electrons. The second-order valence-electron chi connectivity index (χ2n) is 10.6. The van der Waals surface area contributed by atoms with Crippen molar-refractivity contribution in [2.24, 2.45) is 5.73 Å². The maximum Gasteiger partial charge on any atom is 0.417 e. The molecule has 0 bridgehead atoms. The molecule has 1 aromatic heterocycles. The molecule has 3 atom stereocenters. The van der Waals surface area contributed by atoms with Gasteiger partial charge in [-0.3, -0.25) is 14.4 Å². The number of hydrogen-bond donors (Lipinski definition) is 3. The van der Waals surface area contributed by atoms with Crippen molar-refractivity contribution < 1.29 is 32.3 Å². The minimum atomic E-state index is -4.55. The molecule has 4 N–H and O–H groups in total. The largest absolute Gasteiger partial charge is 0.462 e. The molecule has 9 nitrogen and oxygen atoms in total. The van der Waals surface area contributed by atoms with Crippen molar-refractivity contribution >= 4 is 17.7 Å². The van der Waals surface area contributed by atoms with E-state index in [1.54, 1.807) is 49.4 Å². The number of halogens is 3. The van der Waals surface area contributed by atoms with E-state index in [0.29, 0.717) is 23.7 Å². The Morgan fingerprint density at radius 2 is 1.70 bits per heavy atom. The van der Waals surface area contributed by atoms with Crippen LogP contribution in [-0.2, 0) is 22.2 Å². The molecule has 0 spiro atoms. The zero-order valence-corrected chi connectivity index (χ0v) is 24.0. The number of primary amides is 1. The summed E-state index contributed by atoms with van der Waals surface area (Å²) < 4.78 is 44.3. The number of pyridine rings is 1. The fraction of sp³-hybridized carbons (Fsp3) is 0.323. The van der Waals surface area contributed by atoms with E-state index in [0.717, 1.165) is 23.3 Å². The number of nitriles is 1. The fourth-order valence-corrected chi connectivity index (χ4v) is 4.22. The molecule has 12 heteroatoms. The molecule has 0 saturated heterocycles. The Labute approximate surface area is 247 Å². The lowest BCUT2D eigenvalue weighted by Gasteiger charge is -2.30. The van der Waals surface area contributed by atoms with Crippen molar-refractivity contribution in [3.8, 4) is 11.9 Å². The van der Waals surface area contributed by atoms with Gasteiger partial charge in [-0.2, -0.15) is 18.4 Å². The van der Waals surface area contributed by atoms with Gasteiger partial charge in [-0.1, -0.05) is 24.3 Å². The van der Waals surface area contributed by atoms with E-state index in [-0.39, 0.29) is 11.8 Å². The zero-order chi connectivity index (χ0) is 31.9. The number of hydrogen-bond acceptors (Lipinski definition) is 6. The van der Waals surface area contributed by atoms with E-state index >= 15 is 0 Å². The maximum atomic E-state index is 13.3. The number of carbonyl (C=O) groups is 3. The molecule has 3 aromatic rings. The van der Waals surface area contributed by atoms with Crippen molar-refractivity contribution in [1.29, 1.82) is 5.26 Å². The molecule has 2 aromatic carbocycles. The van der Waals surface area contributed by atoms with Crippen LogP contribution in [0.3, 0.4) is 0 Å². The predicted molar refractivity (Wildman–Crippen MR) is 152 cm³/mol. The minimum absolute atomic E-state index is 0.145. The summed E-state index contributed by atoms with van der Waals surface area (Å²) in [5, 5.41) is 14.9. The Bertz CT molecular complexity index is 1500. The summed E-state index contributed by atoms with van der Waals surface area (Å²) in [6.45, 7) is 6.23. The highest BCUT2D eigenvalue weighted by Crippen LogP contribution is 2.30. The number of ether oxygens (including phenoxy) is 1. The lowest BCUT2D eigenvalue weighted by atomic mass is 9.85. The van der Waals surface area contributed by atoms with Crippen LogP contribution in [0.1, 0.15) is 66.2 Å². The highest BCUT2D eigenvalue weighted by molar-refractivity contribution is 5.97. The molecule has 1 heterocycles. The predicted octanol–water partition coefficient (Wildman–Crippen LogP) is 4.26. The number of nitrogens with two attached hydrogens (primary N) is 1. The monoisotopic (exact) mass is 595 g/mol. The summed E-state index contributed by atoms with van der Waals surface area (Å²) in [6.07, 6.45) is -3.50. The molecule has 0 aliphatic heterocycles. The van der Waals surface area contributed by atoms with Crippen LogP contribution in [0.5, 0.6) is 5.88 Å². The topological polar surface area (TPSA) is 147 Å². The van der Waals surface area contributed by atoms with Crippen LogP contribution < -0.4 is 21.1 Å². The Morgan fingerprint density at radius 3 is 2.26 bits per heavy atom. The number of amides is 3. The summed E-state index contributed by atoms with van der Waals surface area (Å²) in [5.74, 6) is -2.12. The third kappa shape index (κ3) is 8.78. The van der Waals surface area contributed by atoms with Gasteiger partial charge in [0.05, 0.1) is 17.2 Å². The van der Waals surface area contributed by atoms with Crippen LogP contribution in [0.2, 0.25) is 0 Å². The molecule has 0 radical (unpaired) electrons. The van der Waals surface area contributed by atoms with Gasteiger partial charge in [0.25, 0.3) is 11.8 Å². The first-order valence-corrected chi connectivity index (χ1v) is 13.3. The summed E-state index contributed by atoms with van der Waals surface area (Å²) in [5.41, 5.74) is 5.17. The van der Waals surface area contributed by atoms with E-state index in [1.807, 2.05) is 6.07 Å². The maximum absolute atomic E-state index is 13.3. The molecule has 0 aliphatic rings. The Balaban J connectivity index is 1.79. The molecule has 0 fully saturated rings. The van der Waals surface area contributed by atoms with Gasteiger partial charge in [0.15, 0.2) is 5.60 Å². The van der Waals surface area contributed by atoms with Gasteiger partial charge in [-0.05, 0) is 75.6 Å². The van der Waals surface area contributed by atoms with Crippen LogP contribution in [0.4, 0.5) is 13.2 Å². The van der Waals surface area contributed by atoms with Gasteiger partial charge in [0.2, 0.25) is 11.8 Å². The van der Waals surface area contributed by atoms with Crippen molar-refractivity contribution in [1.82, 2.24) is 15.6 Å². The van der Waals surface area contributed by atoms with Crippen molar-refractivity contribution in [3.63, 3.8) is 0 Å². The minimum Gasteiger partial charge on any atom is -0.462 e. The summed E-state index contributed by atoms with van der Waals surface area (Å²) in [6, 6.07) is 16.4. The molecule has 43 heavy (non-hydrogen) atoms. The lowest BCUT2D eigenvalue weighted by Crippen LogP contribution is -2.51. The van der Waals surface area contributed by atoms with Gasteiger partial charge < -0.3 is 21.1 Å². The first-order chi connectivity index (χ1) is 20.1. The van der Waals surface area contributed by atoms with E-state index in [4.69, 9.17) is 10.5 Å². The van der Waals surface area contributed by atoms with Crippen LogP contribution in [0, 0.1) is 11.3 Å². The van der Waals surface area contributed by atoms with Crippen LogP contribution >= 0.6 is 0 Å². The van der Waals surface area contributed by atoms with Crippen molar-refractivity contribution in [2.45, 2.75) is 63.9 Å². The molecule has 3 amide bonds. The van der Waals surface area contributed by atoms with E-state index in [9.17, 15) is 32.8 Å². The van der Waals surface area contributed by atoms with Gasteiger partial charge in [-0.15, -0.1) is 0 Å². The van der Waals surface area contributed by atoms with Crippen molar-refractivity contribution in [2.75, 3.05) is 0 Å². The van der Waals surface area contributed by atoms with Gasteiger partial charge in [0.1, 0.15) is 6.04 Å². The van der Waals surface area contributed by atoms with E-state index in [2.05, 4.69) is 21.7 Å². The fourth-order valence-electron chi connectivity index (χ4n) is 4.22. The molecular weight excluding hydrogens is 563 g/mol. The first-order valence-electron chi connectivity index (χ1n) is 13.3. The standard InChI is InChI=1S/C31H32F3N5O4/c1-18(39-29(42)30(3,4)43-26-13-12-24(17-37-26)31(32,33)34)25(23-7-5-6-21(14-23)16-35)15-20-8-10-22(11-9-20)28(41)38-19(2)27(36)40/h5-14,17-19,25H,15H2,1-4H3,(H2,36,40)(H,38,41)(H,39,42). The number of nitrogens with one attached hydrogen (secondary N) is 2. The molecule has 0 aliphatic carbocycles. The Hall–Kier alpha value is -4.92. The van der Waals surface area contributed by atoms with Gasteiger partial charge >= 0.3 is 6.18 Å². The Kier molecular flexibility index (Phi) is 10.1. The quantitative estimate of drug-likeness (QED) is 0.302. The summed E-state index contributed by atoms with van der Waals surface area (Å²) >= 11 is 0. The number of carbonyl (C=O) groups excluding carboxylic acids is 3. The van der Waals surface area contributed by atoms with E-state index < -0.39 is 47.1 Å². The molecule has 3 unspecified atom stereocenters. The zero-order valence-electron chi connectivity index (χ0n) is 24.0. The highest BCUT2D eigenvalue weighted by atomic mass is 19.4. The van der Waals surface area contributed by atoms with E-state index in [1.165, 1.54) is 20.8 Å². The second kappa shape index (κ2) is 13.4. The van der Waals surface area contributed by atoms with Gasteiger partial charge in [0, 0.05) is 29.8 Å². The number of nitrogens with zero attached hydrogens (tertiary/aromatic N) is 2. The number of aromatic nitrogens is 1.